The number of nitrogens with zero attached hydrogens (tertiary/aromatic N) is 5. The molecule has 0 atom stereocenters. The van der Waals surface area contributed by atoms with E-state index in [1.165, 1.54) is 12.1 Å². The average molecular weight is 641 g/mol. The first kappa shape index (κ1) is 31.9. The molecule has 6 rings (SSSR count). The smallest absolute Gasteiger partial charge is 0.387 e. The first-order valence-corrected chi connectivity index (χ1v) is 14.7. The van der Waals surface area contributed by atoms with Gasteiger partial charge in [0, 0.05) is 61.4 Å². The number of aryl methyl sites for hydroxylation is 1. The molecule has 0 unspecified atom stereocenters. The van der Waals surface area contributed by atoms with Crippen molar-refractivity contribution in [1.29, 1.82) is 0 Å². The fourth-order valence-corrected chi connectivity index (χ4v) is 5.66. The zero-order valence-electron chi connectivity index (χ0n) is 24.7. The summed E-state index contributed by atoms with van der Waals surface area (Å²) in [6.07, 6.45) is 6.97. The Morgan fingerprint density at radius 1 is 1.00 bits per heavy atom. The highest BCUT2D eigenvalue weighted by Gasteiger charge is 2.27. The third-order valence-electron chi connectivity index (χ3n) is 8.04. The summed E-state index contributed by atoms with van der Waals surface area (Å²) in [6.45, 7) is 2.79. The average Bonchev–Trinajstić information content (AvgIpc) is 3.47. The molecule has 0 saturated carbocycles. The van der Waals surface area contributed by atoms with Gasteiger partial charge in [-0.25, -0.2) is 14.8 Å². The molecule has 238 valence electrons. The van der Waals surface area contributed by atoms with E-state index in [9.17, 15) is 18.4 Å². The molecule has 2 aliphatic rings. The van der Waals surface area contributed by atoms with Gasteiger partial charge in [0.05, 0.1) is 11.9 Å². The quantitative estimate of drug-likeness (QED) is 0.268. The lowest BCUT2D eigenvalue weighted by Gasteiger charge is -2.36. The maximum Gasteiger partial charge on any atom is 0.387 e. The number of nitrogens with one attached hydrogen (secondary N) is 3. The Labute approximate surface area is 265 Å². The summed E-state index contributed by atoms with van der Waals surface area (Å²) in [4.78, 5) is 38.7. The number of aromatic nitrogens is 3. The Morgan fingerprint density at radius 3 is 2.40 bits per heavy atom. The van der Waals surface area contributed by atoms with Gasteiger partial charge < -0.3 is 30.5 Å². The highest BCUT2D eigenvalue weighted by Crippen LogP contribution is 2.28. The van der Waals surface area contributed by atoms with Gasteiger partial charge in [-0.15, -0.1) is 12.4 Å². The van der Waals surface area contributed by atoms with E-state index in [-0.39, 0.29) is 36.1 Å². The van der Waals surface area contributed by atoms with Crippen LogP contribution in [0.2, 0.25) is 0 Å². The number of hydrogen-bond acceptors (Lipinski definition) is 7. The minimum absolute atomic E-state index is 0. The number of carbonyl (C=O) groups excluding carboxylic acids is 2. The number of fused-ring (bicyclic) bond motifs is 1. The number of alkyl halides is 2. The number of anilines is 2. The molecule has 45 heavy (non-hydrogen) atoms. The van der Waals surface area contributed by atoms with E-state index in [1.807, 2.05) is 23.5 Å². The van der Waals surface area contributed by atoms with Crippen molar-refractivity contribution >= 4 is 41.5 Å². The van der Waals surface area contributed by atoms with Crippen LogP contribution in [-0.2, 0) is 0 Å². The monoisotopic (exact) mass is 640 g/mol. The predicted molar refractivity (Wildman–Crippen MR) is 169 cm³/mol. The van der Waals surface area contributed by atoms with E-state index < -0.39 is 6.61 Å². The van der Waals surface area contributed by atoms with Gasteiger partial charge in [0.2, 0.25) is 0 Å². The van der Waals surface area contributed by atoms with Crippen molar-refractivity contribution in [3.8, 4) is 17.0 Å². The zero-order valence-corrected chi connectivity index (χ0v) is 25.5. The van der Waals surface area contributed by atoms with Gasteiger partial charge in [-0.2, -0.15) is 8.78 Å². The van der Waals surface area contributed by atoms with Crippen molar-refractivity contribution in [2.75, 3.05) is 44.6 Å². The van der Waals surface area contributed by atoms with Crippen LogP contribution in [-0.4, -0.2) is 88.0 Å². The Kier molecular flexibility index (Phi) is 9.99. The van der Waals surface area contributed by atoms with Crippen molar-refractivity contribution in [3.63, 3.8) is 0 Å². The lowest BCUT2D eigenvalue weighted by molar-refractivity contribution is -0.0498. The molecule has 3 amide bonds. The second-order valence-electron chi connectivity index (χ2n) is 10.9. The third kappa shape index (κ3) is 7.26. The number of halogens is 3. The summed E-state index contributed by atoms with van der Waals surface area (Å²) >= 11 is 0. The number of benzene rings is 2. The van der Waals surface area contributed by atoms with E-state index in [2.05, 4.69) is 30.7 Å². The number of piperidine rings is 1. The number of urea groups is 1. The molecule has 11 nitrogen and oxygen atoms in total. The van der Waals surface area contributed by atoms with Crippen molar-refractivity contribution < 1.29 is 23.1 Å². The van der Waals surface area contributed by atoms with Crippen LogP contribution in [0.1, 0.15) is 28.8 Å². The number of amides is 3. The fraction of sp³-hybridized carbons (Fsp3) is 0.355. The zero-order chi connectivity index (χ0) is 30.6. The number of imidazole rings is 1. The molecule has 2 fully saturated rings. The van der Waals surface area contributed by atoms with Crippen LogP contribution in [0.25, 0.3) is 16.9 Å². The first-order chi connectivity index (χ1) is 21.4. The largest absolute Gasteiger partial charge is 0.435 e. The molecule has 0 bridgehead atoms. The van der Waals surface area contributed by atoms with Gasteiger partial charge in [0.25, 0.3) is 5.91 Å². The van der Waals surface area contributed by atoms with E-state index >= 15 is 0 Å². The normalized spacial score (nSPS) is 15.6. The van der Waals surface area contributed by atoms with Gasteiger partial charge in [0.1, 0.15) is 5.75 Å². The number of piperazine rings is 1. The maximum atomic E-state index is 13.4. The number of hydrogen-bond donors (Lipinski definition) is 3. The van der Waals surface area contributed by atoms with Crippen molar-refractivity contribution in [2.24, 2.45) is 0 Å². The lowest BCUT2D eigenvalue weighted by Crippen LogP contribution is -2.55. The Bertz CT molecular complexity index is 1640. The Morgan fingerprint density at radius 2 is 1.71 bits per heavy atom. The van der Waals surface area contributed by atoms with E-state index in [1.54, 1.807) is 46.6 Å². The summed E-state index contributed by atoms with van der Waals surface area (Å²) in [6, 6.07) is 12.0. The van der Waals surface area contributed by atoms with Crippen LogP contribution in [0, 0.1) is 6.92 Å². The molecule has 14 heteroatoms. The Hall–Kier alpha value is -4.49. The molecule has 3 N–H and O–H groups in total. The SMILES string of the molecule is Cc1cc(Nc2nccn3c(-c4ccc(OC(F)F)cc4)cnc23)ccc1C(=O)N1CCN(C(=O)NC2CCNCC2)CC1.Cl. The molecular weight excluding hydrogens is 606 g/mol. The second-order valence-corrected chi connectivity index (χ2v) is 10.9. The lowest BCUT2D eigenvalue weighted by atomic mass is 10.1. The van der Waals surface area contributed by atoms with E-state index in [0.29, 0.717) is 43.2 Å². The molecule has 2 aromatic heterocycles. The number of rotatable bonds is 7. The summed E-state index contributed by atoms with van der Waals surface area (Å²) in [5, 5.41) is 9.73. The van der Waals surface area contributed by atoms with Crippen LogP contribution in [0.15, 0.2) is 61.1 Å². The minimum atomic E-state index is -2.88. The summed E-state index contributed by atoms with van der Waals surface area (Å²) in [5.41, 5.74) is 4.28. The van der Waals surface area contributed by atoms with Gasteiger partial charge in [-0.05, 0) is 80.9 Å². The van der Waals surface area contributed by atoms with Crippen molar-refractivity contribution in [3.05, 3.63) is 72.2 Å². The molecule has 0 aliphatic carbocycles. The fourth-order valence-electron chi connectivity index (χ4n) is 5.66. The molecular formula is C31H35ClF2N8O3. The highest BCUT2D eigenvalue weighted by molar-refractivity contribution is 5.96. The maximum absolute atomic E-state index is 13.4. The van der Waals surface area contributed by atoms with Gasteiger partial charge in [-0.3, -0.25) is 9.20 Å². The van der Waals surface area contributed by atoms with E-state index in [4.69, 9.17) is 0 Å². The molecule has 4 heterocycles. The molecule has 0 radical (unpaired) electrons. The van der Waals surface area contributed by atoms with Crippen LogP contribution in [0.4, 0.5) is 25.1 Å². The predicted octanol–water partition coefficient (Wildman–Crippen LogP) is 4.69. The Balaban J connectivity index is 0.00000400. The van der Waals surface area contributed by atoms with Gasteiger partial charge in [0.15, 0.2) is 11.5 Å². The molecule has 2 aliphatic heterocycles. The third-order valence-corrected chi connectivity index (χ3v) is 8.04. The molecule has 2 saturated heterocycles. The number of ether oxygens (including phenoxy) is 1. The van der Waals surface area contributed by atoms with Crippen molar-refractivity contribution in [2.45, 2.75) is 32.4 Å². The van der Waals surface area contributed by atoms with Gasteiger partial charge >= 0.3 is 12.6 Å². The molecule has 0 spiro atoms. The van der Waals surface area contributed by atoms with Gasteiger partial charge in [-0.1, -0.05) is 0 Å². The van der Waals surface area contributed by atoms with E-state index in [0.717, 1.165) is 48.4 Å². The first-order valence-electron chi connectivity index (χ1n) is 14.7. The van der Waals surface area contributed by atoms with Crippen LogP contribution < -0.4 is 20.7 Å². The van der Waals surface area contributed by atoms with Crippen molar-refractivity contribution in [1.82, 2.24) is 34.8 Å². The molecule has 2 aromatic carbocycles. The van der Waals surface area contributed by atoms with Crippen LogP contribution in [0.3, 0.4) is 0 Å². The van der Waals surface area contributed by atoms with Crippen LogP contribution >= 0.6 is 12.4 Å². The summed E-state index contributed by atoms with van der Waals surface area (Å²) in [7, 11) is 0. The standard InChI is InChI=1S/C31H34F2N8O3.ClH/c1-20-18-23(4-7-25(20)29(42)39-14-16-40(17-15-39)31(43)38-22-8-10-34-11-9-22)37-27-28-36-19-26(41(28)13-12-35-27)21-2-5-24(6-3-21)44-30(32)33;/h2-7,12-13,18-19,22,30,34H,8-11,14-17H2,1H3,(H,35,37)(H,38,43);1H. The second kappa shape index (κ2) is 14.1. The number of carbonyl (C=O) groups is 2. The summed E-state index contributed by atoms with van der Waals surface area (Å²) in [5.74, 6) is 0.542. The minimum Gasteiger partial charge on any atom is -0.435 e. The summed E-state index contributed by atoms with van der Waals surface area (Å²) < 4.78 is 31.3. The van der Waals surface area contributed by atoms with Crippen LogP contribution in [0.5, 0.6) is 5.75 Å². The topological polar surface area (TPSA) is 116 Å². The highest BCUT2D eigenvalue weighted by atomic mass is 35.5. The molecule has 4 aromatic rings.